The van der Waals surface area contributed by atoms with Gasteiger partial charge >= 0.3 is 0 Å². The van der Waals surface area contributed by atoms with Gasteiger partial charge < -0.3 is 11.1 Å². The molecule has 6 nitrogen and oxygen atoms in total. The molecule has 1 amide bonds. The highest BCUT2D eigenvalue weighted by Crippen LogP contribution is 2.28. The normalized spacial score (nSPS) is 20.2. The number of hydrogen-bond donors (Lipinski definition) is 2. The van der Waals surface area contributed by atoms with Gasteiger partial charge in [0.2, 0.25) is 15.9 Å². The SMILES string of the molecule is CC(=O)NC1CCCN(S(=O)(=O)c2cc(N)ccc2Br)C1. The second kappa shape index (κ2) is 6.33. The van der Waals surface area contributed by atoms with Crippen LogP contribution in [-0.4, -0.2) is 37.8 Å². The summed E-state index contributed by atoms with van der Waals surface area (Å²) in [7, 11) is -3.63. The Bertz CT molecular complexity index is 648. The zero-order chi connectivity index (χ0) is 15.6. The van der Waals surface area contributed by atoms with Crippen molar-refractivity contribution in [1.82, 2.24) is 9.62 Å². The summed E-state index contributed by atoms with van der Waals surface area (Å²) < 4.78 is 27.3. The summed E-state index contributed by atoms with van der Waals surface area (Å²) in [5, 5.41) is 2.78. The molecule has 1 unspecified atom stereocenters. The van der Waals surface area contributed by atoms with Crippen LogP contribution >= 0.6 is 15.9 Å². The van der Waals surface area contributed by atoms with Crippen molar-refractivity contribution < 1.29 is 13.2 Å². The van der Waals surface area contributed by atoms with E-state index in [0.29, 0.717) is 23.1 Å². The number of amides is 1. The van der Waals surface area contributed by atoms with Crippen LogP contribution in [0.5, 0.6) is 0 Å². The van der Waals surface area contributed by atoms with Gasteiger partial charge in [-0.05, 0) is 47.0 Å². The number of benzene rings is 1. The fourth-order valence-corrected chi connectivity index (χ4v) is 4.91. The van der Waals surface area contributed by atoms with Gasteiger partial charge in [-0.1, -0.05) is 0 Å². The maximum Gasteiger partial charge on any atom is 0.244 e. The molecule has 1 aliphatic heterocycles. The molecular weight excluding hydrogens is 358 g/mol. The fraction of sp³-hybridized carbons (Fsp3) is 0.462. The van der Waals surface area contributed by atoms with E-state index in [1.807, 2.05) is 0 Å². The van der Waals surface area contributed by atoms with Crippen molar-refractivity contribution in [2.45, 2.75) is 30.7 Å². The van der Waals surface area contributed by atoms with Crippen molar-refractivity contribution in [2.24, 2.45) is 0 Å². The summed E-state index contributed by atoms with van der Waals surface area (Å²) >= 11 is 3.26. The molecule has 3 N–H and O–H groups in total. The fourth-order valence-electron chi connectivity index (χ4n) is 2.42. The summed E-state index contributed by atoms with van der Waals surface area (Å²) in [5.41, 5.74) is 6.08. The lowest BCUT2D eigenvalue weighted by Crippen LogP contribution is -2.49. The van der Waals surface area contributed by atoms with Crippen molar-refractivity contribution in [3.63, 3.8) is 0 Å². The Hall–Kier alpha value is -1.12. The Balaban J connectivity index is 2.26. The molecule has 0 saturated carbocycles. The highest BCUT2D eigenvalue weighted by atomic mass is 79.9. The van der Waals surface area contributed by atoms with E-state index in [1.54, 1.807) is 12.1 Å². The average Bonchev–Trinajstić information content (AvgIpc) is 2.41. The first kappa shape index (κ1) is 16.3. The first-order valence-corrected chi connectivity index (χ1v) is 8.86. The van der Waals surface area contributed by atoms with Crippen molar-refractivity contribution >= 4 is 37.5 Å². The number of halogens is 1. The zero-order valence-electron chi connectivity index (χ0n) is 11.7. The van der Waals surface area contributed by atoms with E-state index < -0.39 is 10.0 Å². The van der Waals surface area contributed by atoms with Gasteiger partial charge in [0.05, 0.1) is 4.90 Å². The predicted molar refractivity (Wildman–Crippen MR) is 84.2 cm³/mol. The molecule has 0 radical (unpaired) electrons. The Labute approximate surface area is 132 Å². The lowest BCUT2D eigenvalue weighted by Gasteiger charge is -2.32. The van der Waals surface area contributed by atoms with Crippen LogP contribution in [0.15, 0.2) is 27.6 Å². The topological polar surface area (TPSA) is 92.5 Å². The van der Waals surface area contributed by atoms with Crippen molar-refractivity contribution in [1.29, 1.82) is 0 Å². The minimum absolute atomic E-state index is 0.147. The number of piperidine rings is 1. The zero-order valence-corrected chi connectivity index (χ0v) is 14.1. The number of nitrogens with one attached hydrogen (secondary N) is 1. The maximum absolute atomic E-state index is 12.7. The van der Waals surface area contributed by atoms with Gasteiger partial charge in [-0.3, -0.25) is 4.79 Å². The van der Waals surface area contributed by atoms with Crippen LogP contribution in [0.3, 0.4) is 0 Å². The second-order valence-electron chi connectivity index (χ2n) is 5.09. The predicted octanol–water partition coefficient (Wildman–Crippen LogP) is 1.32. The first-order chi connectivity index (χ1) is 9.80. The van der Waals surface area contributed by atoms with Gasteiger partial charge in [-0.25, -0.2) is 8.42 Å². The molecule has 0 aliphatic carbocycles. The third-order valence-corrected chi connectivity index (χ3v) is 6.22. The highest BCUT2D eigenvalue weighted by Gasteiger charge is 2.31. The second-order valence-corrected chi connectivity index (χ2v) is 7.85. The summed E-state index contributed by atoms with van der Waals surface area (Å²) in [4.78, 5) is 11.3. The average molecular weight is 376 g/mol. The molecule has 1 aromatic carbocycles. The summed E-state index contributed by atoms with van der Waals surface area (Å²) in [6, 6.07) is 4.56. The summed E-state index contributed by atoms with van der Waals surface area (Å²) in [6.07, 6.45) is 1.49. The number of nitrogens with two attached hydrogens (primary N) is 1. The molecular formula is C13H18BrN3O3S. The minimum Gasteiger partial charge on any atom is -0.399 e. The standard InChI is InChI=1S/C13H18BrN3O3S/c1-9(18)16-11-3-2-6-17(8-11)21(19,20)13-7-10(15)4-5-12(13)14/h4-5,7,11H,2-3,6,8,15H2,1H3,(H,16,18). The van der Waals surface area contributed by atoms with Crippen LogP contribution in [0.1, 0.15) is 19.8 Å². The largest absolute Gasteiger partial charge is 0.399 e. The molecule has 0 aromatic heterocycles. The molecule has 1 fully saturated rings. The van der Waals surface area contributed by atoms with Gasteiger partial charge in [-0.2, -0.15) is 4.31 Å². The van der Waals surface area contributed by atoms with E-state index in [2.05, 4.69) is 21.2 Å². The molecule has 2 rings (SSSR count). The van der Waals surface area contributed by atoms with E-state index in [9.17, 15) is 13.2 Å². The highest BCUT2D eigenvalue weighted by molar-refractivity contribution is 9.10. The van der Waals surface area contributed by atoms with Gasteiger partial charge in [0.25, 0.3) is 0 Å². The number of nitrogens with zero attached hydrogens (tertiary/aromatic N) is 1. The Kier molecular flexibility index (Phi) is 4.90. The van der Waals surface area contributed by atoms with Gasteiger partial charge in [0.1, 0.15) is 0 Å². The Morgan fingerprint density at radius 3 is 2.86 bits per heavy atom. The van der Waals surface area contributed by atoms with Crippen molar-refractivity contribution in [3.05, 3.63) is 22.7 Å². The van der Waals surface area contributed by atoms with Gasteiger partial charge in [0, 0.05) is 36.2 Å². The van der Waals surface area contributed by atoms with E-state index in [0.717, 1.165) is 6.42 Å². The Morgan fingerprint density at radius 2 is 2.19 bits per heavy atom. The van der Waals surface area contributed by atoms with E-state index in [-0.39, 0.29) is 23.4 Å². The first-order valence-electron chi connectivity index (χ1n) is 6.63. The molecule has 0 bridgehead atoms. The molecule has 1 saturated heterocycles. The Morgan fingerprint density at radius 1 is 1.48 bits per heavy atom. The van der Waals surface area contributed by atoms with Crippen LogP contribution < -0.4 is 11.1 Å². The van der Waals surface area contributed by atoms with E-state index in [4.69, 9.17) is 5.73 Å². The molecule has 1 atom stereocenters. The monoisotopic (exact) mass is 375 g/mol. The third-order valence-electron chi connectivity index (χ3n) is 3.36. The number of carbonyl (C=O) groups is 1. The number of nitrogen functional groups attached to an aromatic ring is 1. The number of rotatable bonds is 3. The van der Waals surface area contributed by atoms with E-state index >= 15 is 0 Å². The van der Waals surface area contributed by atoms with Gasteiger partial charge in [0.15, 0.2) is 0 Å². The number of hydrogen-bond acceptors (Lipinski definition) is 4. The molecule has 116 valence electrons. The van der Waals surface area contributed by atoms with Crippen LogP contribution in [0.4, 0.5) is 5.69 Å². The van der Waals surface area contributed by atoms with Crippen LogP contribution in [0, 0.1) is 0 Å². The number of sulfonamides is 1. The maximum atomic E-state index is 12.7. The van der Waals surface area contributed by atoms with Crippen LogP contribution in [-0.2, 0) is 14.8 Å². The lowest BCUT2D eigenvalue weighted by atomic mass is 10.1. The molecule has 1 aromatic rings. The quantitative estimate of drug-likeness (QED) is 0.779. The van der Waals surface area contributed by atoms with Crippen molar-refractivity contribution in [2.75, 3.05) is 18.8 Å². The van der Waals surface area contributed by atoms with Crippen LogP contribution in [0.25, 0.3) is 0 Å². The number of anilines is 1. The number of carbonyl (C=O) groups excluding carboxylic acids is 1. The van der Waals surface area contributed by atoms with Gasteiger partial charge in [-0.15, -0.1) is 0 Å². The summed E-state index contributed by atoms with van der Waals surface area (Å²) in [6.45, 7) is 2.16. The van der Waals surface area contributed by atoms with E-state index in [1.165, 1.54) is 17.3 Å². The molecule has 21 heavy (non-hydrogen) atoms. The smallest absolute Gasteiger partial charge is 0.244 e. The lowest BCUT2D eigenvalue weighted by molar-refractivity contribution is -0.119. The molecule has 1 aliphatic rings. The van der Waals surface area contributed by atoms with Crippen LogP contribution in [0.2, 0.25) is 0 Å². The molecule has 1 heterocycles. The minimum atomic E-state index is -3.63. The van der Waals surface area contributed by atoms with Crippen molar-refractivity contribution in [3.8, 4) is 0 Å². The summed E-state index contributed by atoms with van der Waals surface area (Å²) in [5.74, 6) is -0.149. The molecule has 8 heteroatoms. The third kappa shape index (κ3) is 3.75. The molecule has 0 spiro atoms.